The molecule has 6 heteroatoms. The zero-order valence-electron chi connectivity index (χ0n) is 10.4. The molecule has 1 amide bonds. The van der Waals surface area contributed by atoms with Crippen LogP contribution in [0, 0.1) is 0 Å². The average molecular weight is 280 g/mol. The fraction of sp³-hybridized carbons (Fsp3) is 0.385. The molecule has 1 atom stereocenters. The van der Waals surface area contributed by atoms with E-state index >= 15 is 0 Å². The van der Waals surface area contributed by atoms with Crippen LogP contribution in [0.3, 0.4) is 0 Å². The highest BCUT2D eigenvalue weighted by Gasteiger charge is 2.34. The van der Waals surface area contributed by atoms with Crippen molar-refractivity contribution >= 4 is 23.6 Å². The SMILES string of the molecule is NCCc1ccc(C(=O)N2CSC[C@H]2C(=O)O)cc1. The fourth-order valence-corrected chi connectivity index (χ4v) is 3.14. The van der Waals surface area contributed by atoms with Gasteiger partial charge in [-0.1, -0.05) is 12.1 Å². The Hall–Kier alpha value is -1.53. The Bertz CT molecular complexity index is 475. The molecule has 1 aliphatic heterocycles. The summed E-state index contributed by atoms with van der Waals surface area (Å²) in [5.74, 6) is -0.290. The third kappa shape index (κ3) is 3.08. The van der Waals surface area contributed by atoms with E-state index in [1.807, 2.05) is 12.1 Å². The van der Waals surface area contributed by atoms with Crippen molar-refractivity contribution in [2.75, 3.05) is 18.2 Å². The van der Waals surface area contributed by atoms with E-state index in [-0.39, 0.29) is 5.91 Å². The lowest BCUT2D eigenvalue weighted by Crippen LogP contribution is -2.41. The van der Waals surface area contributed by atoms with Crippen molar-refractivity contribution < 1.29 is 14.7 Å². The second-order valence-electron chi connectivity index (χ2n) is 4.36. The van der Waals surface area contributed by atoms with Gasteiger partial charge in [0.25, 0.3) is 5.91 Å². The van der Waals surface area contributed by atoms with Crippen molar-refractivity contribution in [1.29, 1.82) is 0 Å². The molecule has 5 nitrogen and oxygen atoms in total. The largest absolute Gasteiger partial charge is 0.480 e. The Morgan fingerprint density at radius 3 is 2.63 bits per heavy atom. The number of benzene rings is 1. The van der Waals surface area contributed by atoms with Gasteiger partial charge in [0.05, 0.1) is 5.88 Å². The molecule has 0 spiro atoms. The standard InChI is InChI=1S/C13H16N2O3S/c14-6-5-9-1-3-10(4-2-9)12(16)15-8-19-7-11(15)13(17)18/h1-4,11H,5-8,14H2,(H,17,18)/t11-/m0/s1. The number of carboxylic acids is 1. The van der Waals surface area contributed by atoms with Crippen LogP contribution in [-0.4, -0.2) is 46.1 Å². The molecule has 3 N–H and O–H groups in total. The monoisotopic (exact) mass is 280 g/mol. The first kappa shape index (κ1) is 13.9. The number of nitrogens with zero attached hydrogens (tertiary/aromatic N) is 1. The molecule has 1 aliphatic rings. The van der Waals surface area contributed by atoms with Crippen molar-refractivity contribution in [1.82, 2.24) is 4.90 Å². The summed E-state index contributed by atoms with van der Waals surface area (Å²) in [4.78, 5) is 24.7. The number of nitrogens with two attached hydrogens (primary N) is 1. The van der Waals surface area contributed by atoms with E-state index in [1.54, 1.807) is 12.1 Å². The molecule has 1 fully saturated rings. The first-order chi connectivity index (χ1) is 9.13. The van der Waals surface area contributed by atoms with Crippen LogP contribution in [0.25, 0.3) is 0 Å². The normalized spacial score (nSPS) is 18.6. The lowest BCUT2D eigenvalue weighted by atomic mass is 10.1. The lowest BCUT2D eigenvalue weighted by Gasteiger charge is -2.20. The highest BCUT2D eigenvalue weighted by atomic mass is 32.2. The molecule has 1 aromatic carbocycles. The van der Waals surface area contributed by atoms with Crippen LogP contribution in [-0.2, 0) is 11.2 Å². The summed E-state index contributed by atoms with van der Waals surface area (Å²) in [6.07, 6.45) is 0.770. The van der Waals surface area contributed by atoms with E-state index < -0.39 is 12.0 Å². The molecular formula is C13H16N2O3S. The summed E-state index contributed by atoms with van der Waals surface area (Å²) >= 11 is 1.46. The molecule has 0 unspecified atom stereocenters. The summed E-state index contributed by atoms with van der Waals surface area (Å²) in [5.41, 5.74) is 7.06. The van der Waals surface area contributed by atoms with Gasteiger partial charge in [-0.2, -0.15) is 0 Å². The molecule has 0 radical (unpaired) electrons. The summed E-state index contributed by atoms with van der Waals surface area (Å²) < 4.78 is 0. The number of carboxylic acid groups (broad SMARTS) is 1. The van der Waals surface area contributed by atoms with Crippen LogP contribution >= 0.6 is 11.8 Å². The third-order valence-corrected chi connectivity index (χ3v) is 4.07. The maximum absolute atomic E-state index is 12.3. The molecule has 2 rings (SSSR count). The molecule has 0 bridgehead atoms. The van der Waals surface area contributed by atoms with Crippen molar-refractivity contribution in [3.8, 4) is 0 Å². The van der Waals surface area contributed by atoms with Gasteiger partial charge in [-0.15, -0.1) is 11.8 Å². The van der Waals surface area contributed by atoms with Crippen molar-refractivity contribution in [2.45, 2.75) is 12.5 Å². The van der Waals surface area contributed by atoms with Gasteiger partial charge in [-0.25, -0.2) is 4.79 Å². The lowest BCUT2D eigenvalue weighted by molar-refractivity contribution is -0.140. The van der Waals surface area contributed by atoms with E-state index in [9.17, 15) is 9.59 Å². The Kier molecular flexibility index (Phi) is 4.44. The number of aliphatic carboxylic acids is 1. The molecule has 0 aromatic heterocycles. The third-order valence-electron chi connectivity index (χ3n) is 3.06. The van der Waals surface area contributed by atoms with Crippen molar-refractivity contribution in [3.05, 3.63) is 35.4 Å². The topological polar surface area (TPSA) is 83.6 Å². The second-order valence-corrected chi connectivity index (χ2v) is 5.36. The number of carbonyl (C=O) groups is 2. The predicted molar refractivity (Wildman–Crippen MR) is 74.1 cm³/mol. The van der Waals surface area contributed by atoms with Crippen LogP contribution in [0.5, 0.6) is 0 Å². The molecule has 1 aromatic rings. The number of carbonyl (C=O) groups excluding carboxylic acids is 1. The summed E-state index contributed by atoms with van der Waals surface area (Å²) in [6, 6.07) is 6.46. The van der Waals surface area contributed by atoms with Crippen LogP contribution in [0.4, 0.5) is 0 Å². The highest BCUT2D eigenvalue weighted by Crippen LogP contribution is 2.23. The van der Waals surface area contributed by atoms with E-state index in [0.29, 0.717) is 23.7 Å². The van der Waals surface area contributed by atoms with Gasteiger partial charge in [0.1, 0.15) is 6.04 Å². The minimum Gasteiger partial charge on any atom is -0.480 e. The van der Waals surface area contributed by atoms with Gasteiger partial charge in [-0.05, 0) is 30.7 Å². The van der Waals surface area contributed by atoms with Gasteiger partial charge >= 0.3 is 5.97 Å². The van der Waals surface area contributed by atoms with Gasteiger partial charge < -0.3 is 15.7 Å². The zero-order valence-corrected chi connectivity index (χ0v) is 11.2. The Labute approximate surface area is 115 Å². The first-order valence-corrected chi connectivity index (χ1v) is 7.19. The maximum atomic E-state index is 12.3. The number of thioether (sulfide) groups is 1. The van der Waals surface area contributed by atoms with E-state index in [0.717, 1.165) is 12.0 Å². The summed E-state index contributed by atoms with van der Waals surface area (Å²) in [5, 5.41) is 9.07. The quantitative estimate of drug-likeness (QED) is 0.852. The summed E-state index contributed by atoms with van der Waals surface area (Å²) in [7, 11) is 0. The molecule has 102 valence electrons. The van der Waals surface area contributed by atoms with Crippen molar-refractivity contribution in [2.24, 2.45) is 5.73 Å². The molecule has 19 heavy (non-hydrogen) atoms. The fourth-order valence-electron chi connectivity index (χ4n) is 1.99. The molecule has 0 saturated carbocycles. The number of rotatable bonds is 4. The predicted octanol–water partition coefficient (Wildman–Crippen LogP) is 0.787. The molecule has 1 saturated heterocycles. The minimum atomic E-state index is -0.946. The average Bonchev–Trinajstić information content (AvgIpc) is 2.88. The van der Waals surface area contributed by atoms with Crippen LogP contribution < -0.4 is 5.73 Å². The van der Waals surface area contributed by atoms with Gasteiger partial charge in [0.15, 0.2) is 0 Å². The molecule has 0 aliphatic carbocycles. The van der Waals surface area contributed by atoms with Crippen LogP contribution in [0.2, 0.25) is 0 Å². The number of hydrogen-bond acceptors (Lipinski definition) is 4. The van der Waals surface area contributed by atoms with Crippen molar-refractivity contribution in [3.63, 3.8) is 0 Å². The van der Waals surface area contributed by atoms with E-state index in [4.69, 9.17) is 10.8 Å². The number of amides is 1. The number of hydrogen-bond donors (Lipinski definition) is 2. The minimum absolute atomic E-state index is 0.225. The van der Waals surface area contributed by atoms with Crippen LogP contribution in [0.15, 0.2) is 24.3 Å². The maximum Gasteiger partial charge on any atom is 0.327 e. The molecular weight excluding hydrogens is 264 g/mol. The van der Waals surface area contributed by atoms with Gasteiger partial charge in [0, 0.05) is 11.3 Å². The molecule has 1 heterocycles. The zero-order chi connectivity index (χ0) is 13.8. The highest BCUT2D eigenvalue weighted by molar-refractivity contribution is 7.99. The smallest absolute Gasteiger partial charge is 0.327 e. The summed E-state index contributed by atoms with van der Waals surface area (Å²) in [6.45, 7) is 0.567. The van der Waals surface area contributed by atoms with Gasteiger partial charge in [0.2, 0.25) is 0 Å². The van der Waals surface area contributed by atoms with E-state index in [1.165, 1.54) is 16.7 Å². The van der Waals surface area contributed by atoms with Crippen LogP contribution in [0.1, 0.15) is 15.9 Å². The Balaban J connectivity index is 2.12. The Morgan fingerprint density at radius 1 is 1.37 bits per heavy atom. The first-order valence-electron chi connectivity index (χ1n) is 6.04. The van der Waals surface area contributed by atoms with E-state index in [2.05, 4.69) is 0 Å². The Morgan fingerprint density at radius 2 is 2.05 bits per heavy atom. The van der Waals surface area contributed by atoms with Gasteiger partial charge in [-0.3, -0.25) is 4.79 Å². The second kappa shape index (κ2) is 6.08.